The molecule has 0 saturated heterocycles. The van der Waals surface area contributed by atoms with Crippen molar-refractivity contribution in [3.05, 3.63) is 28.2 Å². The number of benzene rings is 1. The molecule has 0 aromatic heterocycles. The van der Waals surface area contributed by atoms with Gasteiger partial charge in [-0.25, -0.2) is 13.1 Å². The Balaban J connectivity index is 2.99. The Morgan fingerprint density at radius 2 is 1.72 bits per heavy atom. The van der Waals surface area contributed by atoms with Gasteiger partial charge in [-0.2, -0.15) is 0 Å². The van der Waals surface area contributed by atoms with Crippen LogP contribution in [-0.2, 0) is 10.0 Å². The van der Waals surface area contributed by atoms with Crippen molar-refractivity contribution in [2.45, 2.75) is 24.8 Å². The van der Waals surface area contributed by atoms with Crippen LogP contribution in [0, 0.1) is 5.92 Å². The molecule has 0 fully saturated rings. The minimum Gasteiger partial charge on any atom is -0.208 e. The molecule has 1 aromatic rings. The maximum atomic E-state index is 12.1. The number of rotatable bonds is 5. The lowest BCUT2D eigenvalue weighted by molar-refractivity contribution is 0.484. The summed E-state index contributed by atoms with van der Waals surface area (Å²) in [5.41, 5.74) is 0. The summed E-state index contributed by atoms with van der Waals surface area (Å²) in [5.74, 6) is 0.175. The summed E-state index contributed by atoms with van der Waals surface area (Å²) in [6.45, 7) is 3.77. The predicted octanol–water partition coefficient (Wildman–Crippen LogP) is 3.69. The van der Waals surface area contributed by atoms with Gasteiger partial charge < -0.3 is 0 Å². The van der Waals surface area contributed by atoms with Gasteiger partial charge in [0.15, 0.2) is 0 Å². The third kappa shape index (κ3) is 4.38. The minimum atomic E-state index is -3.60. The molecular formula is C11H14BrCl2NO2S. The van der Waals surface area contributed by atoms with Gasteiger partial charge in [0.25, 0.3) is 0 Å². The summed E-state index contributed by atoms with van der Waals surface area (Å²) in [6, 6.07) is 4.06. The standard InChI is InChI=1S/C11H14BrCl2NO2S/c1-7(6-12)8(2)15-18(16,17)11-4-9(13)3-10(14)5-11/h3-5,7-8,15H,6H2,1-2H3. The molecule has 0 aliphatic rings. The summed E-state index contributed by atoms with van der Waals surface area (Å²) in [5, 5.41) is 1.31. The zero-order valence-electron chi connectivity index (χ0n) is 9.95. The Bertz CT molecular complexity index is 502. The Morgan fingerprint density at radius 1 is 1.22 bits per heavy atom. The van der Waals surface area contributed by atoms with Crippen molar-refractivity contribution in [1.82, 2.24) is 4.72 Å². The van der Waals surface area contributed by atoms with Crippen LogP contribution in [0.1, 0.15) is 13.8 Å². The van der Waals surface area contributed by atoms with Gasteiger partial charge >= 0.3 is 0 Å². The molecule has 0 amide bonds. The average molecular weight is 375 g/mol. The Labute approximate surface area is 126 Å². The smallest absolute Gasteiger partial charge is 0.208 e. The van der Waals surface area contributed by atoms with E-state index in [-0.39, 0.29) is 16.9 Å². The first-order valence-corrected chi connectivity index (χ1v) is 8.66. The van der Waals surface area contributed by atoms with Crippen molar-refractivity contribution in [2.75, 3.05) is 5.33 Å². The summed E-state index contributed by atoms with van der Waals surface area (Å²) >= 11 is 14.9. The van der Waals surface area contributed by atoms with Crippen LogP contribution in [0.4, 0.5) is 0 Å². The summed E-state index contributed by atoms with van der Waals surface area (Å²) in [4.78, 5) is 0.0774. The molecule has 0 bridgehead atoms. The number of sulfonamides is 1. The molecule has 0 heterocycles. The highest BCUT2D eigenvalue weighted by Gasteiger charge is 2.21. The molecule has 2 atom stereocenters. The van der Waals surface area contributed by atoms with E-state index in [4.69, 9.17) is 23.2 Å². The van der Waals surface area contributed by atoms with Crippen LogP contribution in [0.5, 0.6) is 0 Å². The van der Waals surface area contributed by atoms with Crippen LogP contribution < -0.4 is 4.72 Å². The van der Waals surface area contributed by atoms with Crippen molar-refractivity contribution >= 4 is 49.2 Å². The van der Waals surface area contributed by atoms with Gasteiger partial charge in [-0.05, 0) is 31.0 Å². The lowest BCUT2D eigenvalue weighted by atomic mass is 10.1. The second-order valence-corrected chi connectivity index (χ2v) is 7.38. The SMILES string of the molecule is CC(CBr)C(C)NS(=O)(=O)c1cc(Cl)cc(Cl)c1. The van der Waals surface area contributed by atoms with Crippen LogP contribution >= 0.6 is 39.1 Å². The quantitative estimate of drug-likeness (QED) is 0.798. The van der Waals surface area contributed by atoms with Crippen molar-refractivity contribution in [3.63, 3.8) is 0 Å². The Morgan fingerprint density at radius 3 is 2.17 bits per heavy atom. The fraction of sp³-hybridized carbons (Fsp3) is 0.455. The van der Waals surface area contributed by atoms with Crippen LogP contribution in [0.25, 0.3) is 0 Å². The monoisotopic (exact) mass is 373 g/mol. The molecule has 2 unspecified atom stereocenters. The second kappa shape index (κ2) is 6.57. The highest BCUT2D eigenvalue weighted by atomic mass is 79.9. The fourth-order valence-electron chi connectivity index (χ4n) is 1.25. The van der Waals surface area contributed by atoms with Crippen molar-refractivity contribution < 1.29 is 8.42 Å². The van der Waals surface area contributed by atoms with Gasteiger partial charge in [-0.1, -0.05) is 46.1 Å². The van der Waals surface area contributed by atoms with E-state index in [9.17, 15) is 8.42 Å². The van der Waals surface area contributed by atoms with Gasteiger partial charge in [0.1, 0.15) is 0 Å². The highest BCUT2D eigenvalue weighted by Crippen LogP contribution is 2.22. The van der Waals surface area contributed by atoms with E-state index in [1.54, 1.807) is 0 Å². The first-order chi connectivity index (χ1) is 8.26. The molecule has 1 rings (SSSR count). The van der Waals surface area contributed by atoms with E-state index in [1.807, 2.05) is 13.8 Å². The first-order valence-electron chi connectivity index (χ1n) is 5.30. The molecule has 1 N–H and O–H groups in total. The van der Waals surface area contributed by atoms with E-state index in [1.165, 1.54) is 18.2 Å². The van der Waals surface area contributed by atoms with Crippen molar-refractivity contribution in [3.8, 4) is 0 Å². The fourth-order valence-corrected chi connectivity index (χ4v) is 3.88. The largest absolute Gasteiger partial charge is 0.240 e. The van der Waals surface area contributed by atoms with Crippen LogP contribution in [0.15, 0.2) is 23.1 Å². The Kier molecular flexibility index (Phi) is 5.93. The van der Waals surface area contributed by atoms with E-state index in [0.29, 0.717) is 15.4 Å². The third-order valence-electron chi connectivity index (χ3n) is 2.58. The molecule has 0 saturated carbocycles. The average Bonchev–Trinajstić information content (AvgIpc) is 2.26. The molecule has 0 spiro atoms. The van der Waals surface area contributed by atoms with Gasteiger partial charge in [0, 0.05) is 21.4 Å². The molecule has 1 aromatic carbocycles. The van der Waals surface area contributed by atoms with Gasteiger partial charge in [-0.3, -0.25) is 0 Å². The van der Waals surface area contributed by atoms with Gasteiger partial charge in [-0.15, -0.1) is 0 Å². The molecule has 7 heteroatoms. The molecular weight excluding hydrogens is 361 g/mol. The normalized spacial score (nSPS) is 15.4. The lowest BCUT2D eigenvalue weighted by Gasteiger charge is -2.19. The first kappa shape index (κ1) is 16.2. The maximum absolute atomic E-state index is 12.1. The van der Waals surface area contributed by atoms with E-state index >= 15 is 0 Å². The van der Waals surface area contributed by atoms with E-state index in [2.05, 4.69) is 20.7 Å². The van der Waals surface area contributed by atoms with E-state index < -0.39 is 10.0 Å². The van der Waals surface area contributed by atoms with Crippen molar-refractivity contribution in [2.24, 2.45) is 5.92 Å². The van der Waals surface area contributed by atoms with Crippen molar-refractivity contribution in [1.29, 1.82) is 0 Å². The maximum Gasteiger partial charge on any atom is 0.240 e. The molecule has 102 valence electrons. The molecule has 18 heavy (non-hydrogen) atoms. The molecule has 3 nitrogen and oxygen atoms in total. The number of alkyl halides is 1. The van der Waals surface area contributed by atoms with Crippen LogP contribution in [-0.4, -0.2) is 19.8 Å². The predicted molar refractivity (Wildman–Crippen MR) is 79.2 cm³/mol. The molecule has 0 aliphatic heterocycles. The zero-order chi connectivity index (χ0) is 13.9. The molecule has 0 aliphatic carbocycles. The number of halogens is 3. The minimum absolute atomic E-state index is 0.0774. The number of hydrogen-bond donors (Lipinski definition) is 1. The second-order valence-electron chi connectivity index (χ2n) is 4.15. The van der Waals surface area contributed by atoms with Gasteiger partial charge in [0.05, 0.1) is 4.90 Å². The third-order valence-corrected chi connectivity index (χ3v) is 5.58. The molecule has 0 radical (unpaired) electrons. The van der Waals surface area contributed by atoms with E-state index in [0.717, 1.165) is 0 Å². The van der Waals surface area contributed by atoms with Crippen LogP contribution in [0.3, 0.4) is 0 Å². The number of nitrogens with one attached hydrogen (secondary N) is 1. The Hall–Kier alpha value is 0.190. The number of hydrogen-bond acceptors (Lipinski definition) is 2. The van der Waals surface area contributed by atoms with Crippen LogP contribution in [0.2, 0.25) is 10.0 Å². The topological polar surface area (TPSA) is 46.2 Å². The zero-order valence-corrected chi connectivity index (χ0v) is 13.9. The lowest BCUT2D eigenvalue weighted by Crippen LogP contribution is -2.37. The van der Waals surface area contributed by atoms with Gasteiger partial charge in [0.2, 0.25) is 10.0 Å². The highest BCUT2D eigenvalue weighted by molar-refractivity contribution is 9.09. The summed E-state index contributed by atoms with van der Waals surface area (Å²) < 4.78 is 26.8. The summed E-state index contributed by atoms with van der Waals surface area (Å²) in [6.07, 6.45) is 0. The summed E-state index contributed by atoms with van der Waals surface area (Å²) in [7, 11) is -3.60.